The molecular formula is C22H22ClN5O4. The molecule has 2 aromatic heterocycles. The number of amides is 1. The van der Waals surface area contributed by atoms with Crippen LogP contribution in [-0.2, 0) is 20.8 Å². The SMILES string of the molecule is O=C(COC(=O)c1ccc(N2CCOCC2)nc1)Nc1ccnn1Cc1ccccc1Cl. The van der Waals surface area contributed by atoms with Crippen molar-refractivity contribution in [2.24, 2.45) is 0 Å². The predicted octanol–water partition coefficient (Wildman–Crippen LogP) is 2.61. The third-order valence-electron chi connectivity index (χ3n) is 4.91. The van der Waals surface area contributed by atoms with Crippen LogP contribution in [0.3, 0.4) is 0 Å². The first kappa shape index (κ1) is 21.8. The quantitative estimate of drug-likeness (QED) is 0.547. The number of hydrogen-bond donors (Lipinski definition) is 1. The molecule has 0 spiro atoms. The number of nitrogens with zero attached hydrogens (tertiary/aromatic N) is 4. The smallest absolute Gasteiger partial charge is 0.340 e. The highest BCUT2D eigenvalue weighted by atomic mass is 35.5. The summed E-state index contributed by atoms with van der Waals surface area (Å²) in [6.07, 6.45) is 3.02. The Morgan fingerprint density at radius 1 is 1.12 bits per heavy atom. The van der Waals surface area contributed by atoms with Crippen molar-refractivity contribution in [1.29, 1.82) is 0 Å². The van der Waals surface area contributed by atoms with E-state index in [0.717, 1.165) is 24.5 Å². The molecule has 0 radical (unpaired) electrons. The van der Waals surface area contributed by atoms with Crippen molar-refractivity contribution in [3.63, 3.8) is 0 Å². The Hall–Kier alpha value is -3.43. The first-order valence-corrected chi connectivity index (χ1v) is 10.5. The summed E-state index contributed by atoms with van der Waals surface area (Å²) < 4.78 is 12.1. The Bertz CT molecular complexity index is 1080. The van der Waals surface area contributed by atoms with E-state index >= 15 is 0 Å². The van der Waals surface area contributed by atoms with Crippen molar-refractivity contribution in [1.82, 2.24) is 14.8 Å². The van der Waals surface area contributed by atoms with Crippen molar-refractivity contribution < 1.29 is 19.1 Å². The molecule has 1 aliphatic heterocycles. The summed E-state index contributed by atoms with van der Waals surface area (Å²) in [7, 11) is 0. The van der Waals surface area contributed by atoms with Gasteiger partial charge in [0.25, 0.3) is 5.91 Å². The molecule has 9 nitrogen and oxygen atoms in total. The topological polar surface area (TPSA) is 98.6 Å². The fourth-order valence-corrected chi connectivity index (χ4v) is 3.43. The molecule has 4 rings (SSSR count). The molecule has 3 heterocycles. The summed E-state index contributed by atoms with van der Waals surface area (Å²) in [6, 6.07) is 12.5. The van der Waals surface area contributed by atoms with Gasteiger partial charge < -0.3 is 19.7 Å². The van der Waals surface area contributed by atoms with Crippen LogP contribution in [0, 0.1) is 0 Å². The molecule has 166 valence electrons. The van der Waals surface area contributed by atoms with E-state index in [2.05, 4.69) is 20.3 Å². The molecule has 3 aromatic rings. The number of carbonyl (C=O) groups is 2. The lowest BCUT2D eigenvalue weighted by Crippen LogP contribution is -2.36. The summed E-state index contributed by atoms with van der Waals surface area (Å²) in [5.41, 5.74) is 1.14. The highest BCUT2D eigenvalue weighted by molar-refractivity contribution is 6.31. The number of esters is 1. The average molecular weight is 456 g/mol. The maximum Gasteiger partial charge on any atom is 0.340 e. The second-order valence-corrected chi connectivity index (χ2v) is 7.50. The molecule has 32 heavy (non-hydrogen) atoms. The van der Waals surface area contributed by atoms with Gasteiger partial charge >= 0.3 is 5.97 Å². The summed E-state index contributed by atoms with van der Waals surface area (Å²) >= 11 is 6.20. The molecule has 0 unspecified atom stereocenters. The zero-order valence-electron chi connectivity index (χ0n) is 17.2. The number of ether oxygens (including phenoxy) is 2. The summed E-state index contributed by atoms with van der Waals surface area (Å²) in [5, 5.41) is 7.52. The van der Waals surface area contributed by atoms with Gasteiger partial charge in [-0.25, -0.2) is 14.5 Å². The van der Waals surface area contributed by atoms with Gasteiger partial charge in [0.1, 0.15) is 11.6 Å². The third-order valence-corrected chi connectivity index (χ3v) is 5.28. The molecule has 0 bridgehead atoms. The monoisotopic (exact) mass is 455 g/mol. The number of anilines is 2. The van der Waals surface area contributed by atoms with Crippen molar-refractivity contribution in [3.05, 3.63) is 71.0 Å². The molecular weight excluding hydrogens is 434 g/mol. The van der Waals surface area contributed by atoms with Gasteiger partial charge in [0.2, 0.25) is 0 Å². The van der Waals surface area contributed by atoms with Gasteiger partial charge in [-0.3, -0.25) is 4.79 Å². The minimum Gasteiger partial charge on any atom is -0.452 e. The number of benzene rings is 1. The summed E-state index contributed by atoms with van der Waals surface area (Å²) in [4.78, 5) is 31.0. The van der Waals surface area contributed by atoms with Crippen molar-refractivity contribution in [3.8, 4) is 0 Å². The van der Waals surface area contributed by atoms with Crippen LogP contribution < -0.4 is 10.2 Å². The molecule has 0 atom stereocenters. The lowest BCUT2D eigenvalue weighted by molar-refractivity contribution is -0.119. The Morgan fingerprint density at radius 3 is 2.69 bits per heavy atom. The van der Waals surface area contributed by atoms with Gasteiger partial charge in [-0.05, 0) is 23.8 Å². The van der Waals surface area contributed by atoms with Crippen LogP contribution in [0.25, 0.3) is 0 Å². The maximum atomic E-state index is 12.3. The third kappa shape index (κ3) is 5.43. The molecule has 1 aromatic carbocycles. The molecule has 0 aliphatic carbocycles. The van der Waals surface area contributed by atoms with Gasteiger partial charge in [-0.1, -0.05) is 29.8 Å². The van der Waals surface area contributed by atoms with Crippen LogP contribution in [0.4, 0.5) is 11.6 Å². The molecule has 1 N–H and O–H groups in total. The van der Waals surface area contributed by atoms with Gasteiger partial charge in [-0.2, -0.15) is 5.10 Å². The van der Waals surface area contributed by atoms with E-state index in [1.54, 1.807) is 35.1 Å². The number of nitrogens with one attached hydrogen (secondary N) is 1. The molecule has 1 amide bonds. The Labute approximate surface area is 189 Å². The van der Waals surface area contributed by atoms with Gasteiger partial charge in [0.15, 0.2) is 6.61 Å². The average Bonchev–Trinajstić information content (AvgIpc) is 3.26. The number of morpholine rings is 1. The Morgan fingerprint density at radius 2 is 1.94 bits per heavy atom. The number of carbonyl (C=O) groups excluding carboxylic acids is 2. The lowest BCUT2D eigenvalue weighted by Gasteiger charge is -2.27. The first-order valence-electron chi connectivity index (χ1n) is 10.1. The van der Waals surface area contributed by atoms with Crippen LogP contribution >= 0.6 is 11.6 Å². The van der Waals surface area contributed by atoms with Crippen LogP contribution in [0.5, 0.6) is 0 Å². The minimum atomic E-state index is -0.620. The van der Waals surface area contributed by atoms with E-state index in [4.69, 9.17) is 21.1 Å². The predicted molar refractivity (Wildman–Crippen MR) is 119 cm³/mol. The highest BCUT2D eigenvalue weighted by Gasteiger charge is 2.16. The standard InChI is InChI=1S/C22H22ClN5O4/c23-18-4-2-1-3-17(18)14-28-20(7-8-25-28)26-21(29)15-32-22(30)16-5-6-19(24-13-16)27-9-11-31-12-10-27/h1-8,13H,9-12,14-15H2,(H,26,29). The lowest BCUT2D eigenvalue weighted by atomic mass is 10.2. The van der Waals surface area contributed by atoms with E-state index in [1.165, 1.54) is 6.20 Å². The van der Waals surface area contributed by atoms with Crippen LogP contribution in [0.1, 0.15) is 15.9 Å². The van der Waals surface area contributed by atoms with Gasteiger partial charge in [0.05, 0.1) is 31.5 Å². The number of aromatic nitrogens is 3. The van der Waals surface area contributed by atoms with E-state index in [1.807, 2.05) is 18.2 Å². The second kappa shape index (κ2) is 10.3. The molecule has 10 heteroatoms. The van der Waals surface area contributed by atoms with Crippen LogP contribution in [0.2, 0.25) is 5.02 Å². The van der Waals surface area contributed by atoms with E-state index in [-0.39, 0.29) is 5.56 Å². The summed E-state index contributed by atoms with van der Waals surface area (Å²) in [6.45, 7) is 2.77. The molecule has 1 saturated heterocycles. The minimum absolute atomic E-state index is 0.276. The zero-order valence-corrected chi connectivity index (χ0v) is 18.0. The van der Waals surface area contributed by atoms with Crippen LogP contribution in [-0.4, -0.2) is 59.6 Å². The molecule has 0 saturated carbocycles. The number of pyridine rings is 1. The van der Waals surface area contributed by atoms with Crippen molar-refractivity contribution in [2.75, 3.05) is 43.1 Å². The Balaban J connectivity index is 1.29. The zero-order chi connectivity index (χ0) is 22.3. The molecule has 1 aliphatic rings. The second-order valence-electron chi connectivity index (χ2n) is 7.09. The number of halogens is 1. The van der Waals surface area contributed by atoms with Crippen molar-refractivity contribution in [2.45, 2.75) is 6.54 Å². The molecule has 1 fully saturated rings. The Kier molecular flexibility index (Phi) is 6.98. The number of rotatable bonds is 7. The van der Waals surface area contributed by atoms with E-state index < -0.39 is 18.5 Å². The normalized spacial score (nSPS) is 13.6. The fraction of sp³-hybridized carbons (Fsp3) is 0.273. The van der Waals surface area contributed by atoms with Crippen LogP contribution in [0.15, 0.2) is 54.9 Å². The van der Waals surface area contributed by atoms with E-state index in [0.29, 0.717) is 30.6 Å². The largest absolute Gasteiger partial charge is 0.452 e. The maximum absolute atomic E-state index is 12.3. The first-order chi connectivity index (χ1) is 15.6. The highest BCUT2D eigenvalue weighted by Crippen LogP contribution is 2.18. The number of hydrogen-bond acceptors (Lipinski definition) is 7. The van der Waals surface area contributed by atoms with Gasteiger partial charge in [-0.15, -0.1) is 0 Å². The fourth-order valence-electron chi connectivity index (χ4n) is 3.23. The van der Waals surface area contributed by atoms with Crippen molar-refractivity contribution >= 4 is 35.1 Å². The van der Waals surface area contributed by atoms with E-state index in [9.17, 15) is 9.59 Å². The van der Waals surface area contributed by atoms with Gasteiger partial charge in [0, 0.05) is 30.4 Å². The summed E-state index contributed by atoms with van der Waals surface area (Å²) in [5.74, 6) is 0.153.